The van der Waals surface area contributed by atoms with Crippen molar-refractivity contribution in [1.29, 1.82) is 0 Å². The molecule has 9 aromatic rings. The van der Waals surface area contributed by atoms with Crippen LogP contribution >= 0.6 is 46.4 Å². The van der Waals surface area contributed by atoms with Crippen LogP contribution in [0.15, 0.2) is 91.0 Å². The number of anilines is 2. The number of benzene rings is 3. The minimum absolute atomic E-state index is 0. The first-order valence-electron chi connectivity index (χ1n) is 26.6. The molecule has 9 heterocycles. The monoisotopic (exact) mass is 1330 g/mol. The van der Waals surface area contributed by atoms with Gasteiger partial charge in [0.25, 0.3) is 5.69 Å². The summed E-state index contributed by atoms with van der Waals surface area (Å²) in [6.45, 7) is 11.7. The Hall–Kier alpha value is -9.49. The van der Waals surface area contributed by atoms with E-state index in [0.29, 0.717) is 60.3 Å². The first-order valence-corrected chi connectivity index (χ1v) is 29.1. The molecular weight excluding hydrogens is 1280 g/mol. The molecule has 0 saturated carbocycles. The van der Waals surface area contributed by atoms with E-state index in [-0.39, 0.29) is 83.9 Å². The molecule has 3 aliphatic rings. The number of nitro groups is 2. The summed E-state index contributed by atoms with van der Waals surface area (Å²) in [4.78, 5) is 103. The molecule has 3 aliphatic heterocycles. The first-order chi connectivity index (χ1) is 42.3. The quantitative estimate of drug-likeness (QED) is 0.0731. The maximum atomic E-state index is 14.1. The van der Waals surface area contributed by atoms with Gasteiger partial charge in [0.05, 0.1) is 109 Å². The molecule has 0 bridgehead atoms. The number of nitrogens with two attached hydrogens (primary N) is 1. The molecule has 0 saturated heterocycles. The minimum atomic E-state index is -0.931. The number of carbonyl (C=O) groups is 4. The first kappa shape index (κ1) is 69.0. The van der Waals surface area contributed by atoms with E-state index in [1.165, 1.54) is 57.2 Å². The second kappa shape index (κ2) is 29.4. The van der Waals surface area contributed by atoms with Crippen molar-refractivity contribution in [2.24, 2.45) is 0 Å². The molecule has 0 aliphatic carbocycles. The van der Waals surface area contributed by atoms with Crippen LogP contribution in [0.2, 0.25) is 0 Å². The lowest BCUT2D eigenvalue weighted by Crippen LogP contribution is -2.34. The number of carbonyl (C=O) groups excluding carboxylic acids is 4. The molecule has 474 valence electrons. The fourth-order valence-electron chi connectivity index (χ4n) is 9.54. The van der Waals surface area contributed by atoms with E-state index in [9.17, 15) is 65.7 Å². The third-order valence-corrected chi connectivity index (χ3v) is 16.6. The Morgan fingerprint density at radius 2 is 0.934 bits per heavy atom. The van der Waals surface area contributed by atoms with E-state index in [4.69, 9.17) is 5.73 Å². The number of nitrogen functional groups attached to an aromatic ring is 1. The topological polar surface area (TPSA) is 280 Å². The number of fused-ring (bicyclic) bond motifs is 3. The number of pyridine rings is 3. The number of thiazole rings is 3. The summed E-state index contributed by atoms with van der Waals surface area (Å²) in [6.07, 6.45) is -0.294. The molecule has 0 unspecified atom stereocenters. The van der Waals surface area contributed by atoms with Gasteiger partial charge in [-0.05, 0) is 81.4 Å². The van der Waals surface area contributed by atoms with Gasteiger partial charge in [0, 0.05) is 88.6 Å². The maximum absolute atomic E-state index is 14.1. The van der Waals surface area contributed by atoms with Crippen molar-refractivity contribution in [1.82, 2.24) is 45.0 Å². The van der Waals surface area contributed by atoms with Gasteiger partial charge >= 0.3 is 5.69 Å². The molecule has 6 aromatic heterocycles. The zero-order chi connectivity index (χ0) is 64.1. The number of amides is 4. The predicted molar refractivity (Wildman–Crippen MR) is 331 cm³/mol. The molecule has 31 heteroatoms. The van der Waals surface area contributed by atoms with Gasteiger partial charge in [-0.1, -0.05) is 7.43 Å². The van der Waals surface area contributed by atoms with Crippen LogP contribution in [0.1, 0.15) is 79.4 Å². The summed E-state index contributed by atoms with van der Waals surface area (Å²) < 4.78 is 81.3. The van der Waals surface area contributed by atoms with Crippen molar-refractivity contribution >= 4 is 92.9 Å². The number of halogens is 7. The van der Waals surface area contributed by atoms with Crippen LogP contribution in [0.5, 0.6) is 0 Å². The summed E-state index contributed by atoms with van der Waals surface area (Å²) in [6, 6.07) is 16.8. The van der Waals surface area contributed by atoms with Crippen molar-refractivity contribution in [3.8, 4) is 33.8 Å². The van der Waals surface area contributed by atoms with Gasteiger partial charge in [-0.15, -0.1) is 46.4 Å². The van der Waals surface area contributed by atoms with E-state index in [0.717, 1.165) is 94.5 Å². The Labute approximate surface area is 533 Å². The third kappa shape index (κ3) is 16.3. The van der Waals surface area contributed by atoms with Gasteiger partial charge in [-0.2, -0.15) is 0 Å². The highest BCUT2D eigenvalue weighted by atomic mass is 35.5. The smallest absolute Gasteiger partial charge is 0.312 e. The van der Waals surface area contributed by atoms with Gasteiger partial charge in [0.1, 0.15) is 40.6 Å². The summed E-state index contributed by atoms with van der Waals surface area (Å²) in [7, 11) is 0. The van der Waals surface area contributed by atoms with E-state index in [1.54, 1.807) is 44.6 Å². The standard InChI is InChI=1S/C19H14F2N4O3S.C19H16F2N4OS.C15H11F2N3O4.C6H8N2S.CH4.ClH/c1-10-22-16-8-24(9-18(16)29-10)19(26)7-15-17(25(27)28)5-4-14(23-15)12-3-2-11(20)6-13(12)21;1-10-23-17-8-25(9-18(17)27-10)19(26)7-16-14(22)4-5-15(24-16)12-3-2-11(20)6-13(12)21;1-8(21)19(9(2)22)15-14(20(23)24)6-5-13(18-15)11-4-3-10(16)7-12(11)17;1-4-8-5-2-7-3-6(5)9-4;;/h2-6H,7-9H2,1H3;2-6H,7-9,22H2,1H3;3-7H,1-2H3;7H,2-3H2,1H3;1H4;1H. The van der Waals surface area contributed by atoms with Crippen LogP contribution < -0.4 is 16.0 Å². The highest BCUT2D eigenvalue weighted by Crippen LogP contribution is 2.34. The molecule has 0 spiro atoms. The second-order valence-electron chi connectivity index (χ2n) is 20.0. The molecule has 91 heavy (non-hydrogen) atoms. The van der Waals surface area contributed by atoms with Crippen molar-refractivity contribution in [2.75, 3.05) is 10.6 Å². The molecule has 3 aromatic carbocycles. The van der Waals surface area contributed by atoms with Gasteiger partial charge in [0.15, 0.2) is 0 Å². The van der Waals surface area contributed by atoms with Crippen LogP contribution in [0.25, 0.3) is 33.8 Å². The molecule has 21 nitrogen and oxygen atoms in total. The normalized spacial score (nSPS) is 12.3. The minimum Gasteiger partial charge on any atom is -0.397 e. The number of nitrogens with zero attached hydrogens (tertiary/aromatic N) is 11. The molecule has 0 atom stereocenters. The average Bonchev–Trinajstić information content (AvgIpc) is 1.83. The number of rotatable bonds is 10. The van der Waals surface area contributed by atoms with E-state index >= 15 is 0 Å². The Morgan fingerprint density at radius 1 is 0.538 bits per heavy atom. The van der Waals surface area contributed by atoms with Gasteiger partial charge in [-0.25, -0.2) is 56.2 Å². The van der Waals surface area contributed by atoms with Crippen LogP contribution in [-0.4, -0.2) is 73.2 Å². The number of nitrogens with one attached hydrogen (secondary N) is 1. The molecule has 3 N–H and O–H groups in total. The number of hydrogen-bond donors (Lipinski definition) is 2. The van der Waals surface area contributed by atoms with Crippen LogP contribution in [0.3, 0.4) is 0 Å². The molecular formula is C60H54ClF6N13O8S3. The van der Waals surface area contributed by atoms with Gasteiger partial charge in [0.2, 0.25) is 29.4 Å². The van der Waals surface area contributed by atoms with E-state index in [2.05, 4.69) is 42.1 Å². The zero-order valence-electron chi connectivity index (χ0n) is 48.0. The number of imide groups is 1. The summed E-state index contributed by atoms with van der Waals surface area (Å²) in [5.74, 6) is -7.22. The van der Waals surface area contributed by atoms with Crippen molar-refractivity contribution in [2.45, 2.75) is 94.2 Å². The second-order valence-corrected chi connectivity index (χ2v) is 23.8. The lowest BCUT2D eigenvalue weighted by Gasteiger charge is -2.16. The third-order valence-electron chi connectivity index (χ3n) is 13.6. The number of aromatic nitrogens is 6. The fourth-order valence-corrected chi connectivity index (χ4v) is 12.4. The van der Waals surface area contributed by atoms with E-state index < -0.39 is 68.1 Å². The van der Waals surface area contributed by atoms with Crippen molar-refractivity contribution in [3.63, 3.8) is 0 Å². The summed E-state index contributed by atoms with van der Waals surface area (Å²) >= 11 is 4.91. The average molecular weight is 1330 g/mol. The Morgan fingerprint density at radius 3 is 1.35 bits per heavy atom. The van der Waals surface area contributed by atoms with Gasteiger partial charge in [-0.3, -0.25) is 44.4 Å². The molecule has 0 fully saturated rings. The number of aryl methyl sites for hydroxylation is 3. The van der Waals surface area contributed by atoms with Crippen molar-refractivity contribution in [3.05, 3.63) is 204 Å². The van der Waals surface area contributed by atoms with Gasteiger partial charge < -0.3 is 20.9 Å². The van der Waals surface area contributed by atoms with Crippen LogP contribution in [0.4, 0.5) is 49.2 Å². The Balaban J connectivity index is 0.000000179. The Kier molecular flexibility index (Phi) is 22.3. The Bertz CT molecular complexity index is 4220. The highest BCUT2D eigenvalue weighted by Gasteiger charge is 2.32. The summed E-state index contributed by atoms with van der Waals surface area (Å²) in [5.41, 5.74) is 9.10. The zero-order valence-corrected chi connectivity index (χ0v) is 51.2. The number of hydrogen-bond acceptors (Lipinski definition) is 19. The molecule has 12 rings (SSSR count). The SMILES string of the molecule is C.CC(=O)N(C(C)=O)c1nc(-c2ccc(F)cc2F)ccc1[N+](=O)[O-].Cc1nc2c(s1)CN(C(=O)Cc1nc(-c3ccc(F)cc3F)ccc1N)C2.Cc1nc2c(s1)CN(C(=O)Cc1nc(-c3ccc(F)cc3F)ccc1[N+](=O)[O-])C2.Cc1nc2c(s1)CNC2.Cl. The fraction of sp³-hybridized carbons (Fsp3) is 0.233. The summed E-state index contributed by atoms with van der Waals surface area (Å²) in [5, 5.41) is 28.8. The van der Waals surface area contributed by atoms with Crippen molar-refractivity contribution < 1.29 is 55.4 Å². The van der Waals surface area contributed by atoms with Crippen LogP contribution in [0, 0.1) is 75.9 Å². The maximum Gasteiger partial charge on any atom is 0.312 e. The lowest BCUT2D eigenvalue weighted by molar-refractivity contribution is -0.385. The lowest BCUT2D eigenvalue weighted by atomic mass is 10.1. The highest BCUT2D eigenvalue weighted by molar-refractivity contribution is 7.12. The predicted octanol–water partition coefficient (Wildman–Crippen LogP) is 12.2. The molecule has 0 radical (unpaired) electrons. The largest absolute Gasteiger partial charge is 0.397 e. The van der Waals surface area contributed by atoms with Crippen LogP contribution in [-0.2, 0) is 71.3 Å². The van der Waals surface area contributed by atoms with E-state index in [1.807, 2.05) is 13.8 Å². The molecule has 4 amide bonds.